The van der Waals surface area contributed by atoms with Gasteiger partial charge in [-0.15, -0.1) is 0 Å². The van der Waals surface area contributed by atoms with E-state index < -0.39 is 0 Å². The summed E-state index contributed by atoms with van der Waals surface area (Å²) in [6, 6.07) is 0. The van der Waals surface area contributed by atoms with Gasteiger partial charge >= 0.3 is 0 Å². The molecule has 6 unspecified atom stereocenters. The third-order valence-corrected chi connectivity index (χ3v) is 8.99. The third kappa shape index (κ3) is 7.36. The Hall–Kier alpha value is 0. The van der Waals surface area contributed by atoms with E-state index in [0.29, 0.717) is 0 Å². The minimum atomic E-state index is 0.859. The fraction of sp³-hybridized carbons (Fsp3) is 1.00. The summed E-state index contributed by atoms with van der Waals surface area (Å²) >= 11 is 0. The van der Waals surface area contributed by atoms with Gasteiger partial charge in [0, 0.05) is 0 Å². The van der Waals surface area contributed by atoms with E-state index in [1.54, 1.807) is 19.3 Å². The first-order valence-electron chi connectivity index (χ1n) is 13.6. The average molecular weight is 391 g/mol. The Morgan fingerprint density at radius 2 is 1.21 bits per heavy atom. The number of unbranched alkanes of at least 4 members (excludes halogenated alkanes) is 11. The quantitative estimate of drug-likeness (QED) is 0.204. The van der Waals surface area contributed by atoms with Gasteiger partial charge in [0.2, 0.25) is 0 Å². The molecule has 0 radical (unpaired) electrons. The van der Waals surface area contributed by atoms with Crippen molar-refractivity contribution in [2.45, 2.75) is 144 Å². The summed E-state index contributed by atoms with van der Waals surface area (Å²) < 4.78 is 0. The molecule has 0 amide bonds. The summed E-state index contributed by atoms with van der Waals surface area (Å²) in [6.45, 7) is 12.4. The molecule has 0 aromatic rings. The monoisotopic (exact) mass is 390 g/mol. The Kier molecular flexibility index (Phi) is 11.0. The molecule has 0 nitrogen and oxygen atoms in total. The van der Waals surface area contributed by atoms with Gasteiger partial charge in [0.15, 0.2) is 0 Å². The molecule has 0 aliphatic heterocycles. The van der Waals surface area contributed by atoms with Crippen molar-refractivity contribution >= 4 is 0 Å². The molecule has 2 fully saturated rings. The Morgan fingerprint density at radius 3 is 1.82 bits per heavy atom. The van der Waals surface area contributed by atoms with Crippen LogP contribution < -0.4 is 0 Å². The van der Waals surface area contributed by atoms with Crippen LogP contribution in [0.2, 0.25) is 0 Å². The van der Waals surface area contributed by atoms with Crippen LogP contribution >= 0.6 is 0 Å². The summed E-state index contributed by atoms with van der Waals surface area (Å²) in [7, 11) is 0. The zero-order chi connectivity index (χ0) is 20.4. The Labute approximate surface area is 179 Å². The smallest absolute Gasteiger partial charge is 0.0232 e. The molecule has 0 bridgehead atoms. The lowest BCUT2D eigenvalue weighted by molar-refractivity contribution is 0.226. The van der Waals surface area contributed by atoms with Gasteiger partial charge in [-0.25, -0.2) is 0 Å². The van der Waals surface area contributed by atoms with Crippen molar-refractivity contribution in [2.75, 3.05) is 0 Å². The molecule has 0 saturated heterocycles. The van der Waals surface area contributed by atoms with Crippen LogP contribution in [0.3, 0.4) is 0 Å². The first-order valence-corrected chi connectivity index (χ1v) is 13.6. The van der Waals surface area contributed by atoms with Crippen LogP contribution in [0.15, 0.2) is 0 Å². The van der Waals surface area contributed by atoms with Gasteiger partial charge in [-0.3, -0.25) is 0 Å². The number of rotatable bonds is 18. The van der Waals surface area contributed by atoms with Crippen molar-refractivity contribution in [3.05, 3.63) is 0 Å². The van der Waals surface area contributed by atoms with E-state index in [1.807, 2.05) is 0 Å². The van der Waals surface area contributed by atoms with Crippen molar-refractivity contribution in [1.82, 2.24) is 0 Å². The first-order chi connectivity index (χ1) is 13.6. The fourth-order valence-electron chi connectivity index (χ4n) is 6.30. The molecule has 0 N–H and O–H groups in total. The van der Waals surface area contributed by atoms with Gasteiger partial charge in [-0.2, -0.15) is 0 Å². The van der Waals surface area contributed by atoms with Crippen molar-refractivity contribution in [2.24, 2.45) is 35.0 Å². The van der Waals surface area contributed by atoms with Crippen LogP contribution in [-0.2, 0) is 0 Å². The van der Waals surface area contributed by atoms with Crippen LogP contribution in [0.25, 0.3) is 0 Å². The van der Waals surface area contributed by atoms with Crippen molar-refractivity contribution in [1.29, 1.82) is 0 Å². The molecule has 0 aromatic heterocycles. The molecule has 0 heteroatoms. The van der Waals surface area contributed by atoms with Gasteiger partial charge in [0.1, 0.15) is 0 Å². The highest BCUT2D eigenvalue weighted by atomic mass is 14.7. The zero-order valence-corrected chi connectivity index (χ0v) is 20.4. The predicted molar refractivity (Wildman–Crippen MR) is 127 cm³/mol. The molecule has 2 aliphatic carbocycles. The van der Waals surface area contributed by atoms with E-state index in [2.05, 4.69) is 34.6 Å². The lowest BCUT2D eigenvalue weighted by Gasteiger charge is -2.27. The largest absolute Gasteiger partial charge is 0.0654 e. The second kappa shape index (κ2) is 12.6. The predicted octanol–water partition coefficient (Wildman–Crippen LogP) is 9.81. The molecule has 2 aliphatic rings. The maximum atomic E-state index is 2.60. The molecular weight excluding hydrogens is 336 g/mol. The van der Waals surface area contributed by atoms with Crippen molar-refractivity contribution in [3.8, 4) is 0 Å². The van der Waals surface area contributed by atoms with E-state index in [9.17, 15) is 0 Å². The summed E-state index contributed by atoms with van der Waals surface area (Å²) in [5.41, 5.74) is 0.859. The minimum Gasteiger partial charge on any atom is -0.0654 e. The molecule has 6 atom stereocenters. The van der Waals surface area contributed by atoms with E-state index in [4.69, 9.17) is 0 Å². The average Bonchev–Trinajstić information content (AvgIpc) is 3.60. The van der Waals surface area contributed by atoms with E-state index in [0.717, 1.165) is 35.0 Å². The Morgan fingerprint density at radius 1 is 0.679 bits per heavy atom. The summed E-state index contributed by atoms with van der Waals surface area (Å²) in [6.07, 6.45) is 25.2. The maximum absolute atomic E-state index is 2.60. The minimum absolute atomic E-state index is 0.859. The van der Waals surface area contributed by atoms with Crippen LogP contribution in [-0.4, -0.2) is 0 Å². The Balaban J connectivity index is 1.51. The molecule has 0 aromatic carbocycles. The lowest BCUT2D eigenvalue weighted by atomic mass is 9.79. The maximum Gasteiger partial charge on any atom is -0.0232 e. The fourth-order valence-corrected chi connectivity index (χ4v) is 6.30. The number of hydrogen-bond donors (Lipinski definition) is 0. The normalized spacial score (nSPS) is 29.0. The van der Waals surface area contributed by atoms with E-state index >= 15 is 0 Å². The van der Waals surface area contributed by atoms with Crippen LogP contribution in [0.4, 0.5) is 0 Å². The van der Waals surface area contributed by atoms with E-state index in [1.165, 1.54) is 89.9 Å². The molecule has 1 spiro atoms. The molecular formula is C28H54. The summed E-state index contributed by atoms with van der Waals surface area (Å²) in [4.78, 5) is 0. The molecule has 2 rings (SSSR count). The second-order valence-corrected chi connectivity index (χ2v) is 11.1. The second-order valence-electron chi connectivity index (χ2n) is 11.1. The van der Waals surface area contributed by atoms with Crippen LogP contribution in [0.5, 0.6) is 0 Å². The highest BCUT2D eigenvalue weighted by molar-refractivity contribution is 5.19. The van der Waals surface area contributed by atoms with Crippen LogP contribution in [0, 0.1) is 35.0 Å². The lowest BCUT2D eigenvalue weighted by Crippen LogP contribution is -2.19. The SMILES string of the molecule is CCCCCCCCCCCC(C)C(C)C(C)C1CC12CC2CCCCCC. The Bertz CT molecular complexity index is 399. The number of hydrogen-bond acceptors (Lipinski definition) is 0. The topological polar surface area (TPSA) is 0 Å². The van der Waals surface area contributed by atoms with Gasteiger partial charge in [-0.05, 0) is 54.3 Å². The highest BCUT2D eigenvalue weighted by Gasteiger charge is 2.70. The van der Waals surface area contributed by atoms with Gasteiger partial charge < -0.3 is 0 Å². The third-order valence-electron chi connectivity index (χ3n) is 8.99. The van der Waals surface area contributed by atoms with Crippen molar-refractivity contribution < 1.29 is 0 Å². The highest BCUT2D eigenvalue weighted by Crippen LogP contribution is 2.78. The first kappa shape index (κ1) is 24.3. The van der Waals surface area contributed by atoms with E-state index in [-0.39, 0.29) is 0 Å². The van der Waals surface area contributed by atoms with Crippen LogP contribution in [0.1, 0.15) is 144 Å². The molecule has 28 heavy (non-hydrogen) atoms. The van der Waals surface area contributed by atoms with Gasteiger partial charge in [0.05, 0.1) is 0 Å². The zero-order valence-electron chi connectivity index (χ0n) is 20.4. The van der Waals surface area contributed by atoms with Gasteiger partial charge in [0.25, 0.3) is 0 Å². The molecule has 0 heterocycles. The molecule has 2 saturated carbocycles. The van der Waals surface area contributed by atoms with Crippen molar-refractivity contribution in [3.63, 3.8) is 0 Å². The molecule has 166 valence electrons. The summed E-state index contributed by atoms with van der Waals surface area (Å²) in [5.74, 6) is 5.04. The standard InChI is InChI=1S/C28H54/c1-6-8-10-12-13-14-15-16-17-19-23(3)24(4)25(5)27-22-28(27)21-26(28)20-18-11-9-7-2/h23-27H,6-22H2,1-5H3. The summed E-state index contributed by atoms with van der Waals surface area (Å²) in [5, 5.41) is 0. The van der Waals surface area contributed by atoms with Gasteiger partial charge in [-0.1, -0.05) is 125 Å².